The summed E-state index contributed by atoms with van der Waals surface area (Å²) in [6, 6.07) is 5.98. The van der Waals surface area contributed by atoms with E-state index in [-0.39, 0.29) is 18.3 Å². The van der Waals surface area contributed by atoms with Crippen LogP contribution in [-0.4, -0.2) is 35.1 Å². The molecule has 0 amide bonds. The monoisotopic (exact) mass is 449 g/mol. The van der Waals surface area contributed by atoms with Gasteiger partial charge in [0.25, 0.3) is 0 Å². The summed E-state index contributed by atoms with van der Waals surface area (Å²) >= 11 is 0. The van der Waals surface area contributed by atoms with Crippen molar-refractivity contribution in [2.75, 3.05) is 13.1 Å². The minimum Gasteiger partial charge on any atom is -0.481 e. The summed E-state index contributed by atoms with van der Waals surface area (Å²) in [5.74, 6) is -0.585. The van der Waals surface area contributed by atoms with Crippen LogP contribution in [0.15, 0.2) is 24.3 Å². The summed E-state index contributed by atoms with van der Waals surface area (Å²) in [7, 11) is 0. The molecule has 4 aliphatic rings. The first kappa shape index (κ1) is 22.2. The molecule has 1 N–H and O–H groups in total. The number of likely N-dealkylation sites (tertiary alicyclic amines) is 1. The standard InChI is InChI=1S/C26H34F3NO2/c27-26(28,29)20-6-4-19(5-7-20)21-13-18(14-23(31)32)3-8-22(21)30-16-24(9-1-10-24)15-25(17-30)11-2-12-25/h4-7,18,21-22H,1-3,8-17H2,(H,31,32)/t18-,21+,22-/m1/s1. The van der Waals surface area contributed by atoms with Crippen LogP contribution in [-0.2, 0) is 11.0 Å². The lowest BCUT2D eigenvalue weighted by Crippen LogP contribution is -2.61. The molecule has 6 heteroatoms. The molecule has 5 rings (SSSR count). The Bertz CT molecular complexity index is 820. The van der Waals surface area contributed by atoms with E-state index >= 15 is 0 Å². The predicted molar refractivity (Wildman–Crippen MR) is 116 cm³/mol. The fraction of sp³-hybridized carbons (Fsp3) is 0.731. The molecule has 3 nitrogen and oxygen atoms in total. The lowest BCUT2D eigenvalue weighted by Gasteiger charge is -2.62. The number of halogens is 3. The zero-order valence-electron chi connectivity index (χ0n) is 18.7. The third-order valence-electron chi connectivity index (χ3n) is 9.18. The average Bonchev–Trinajstić information content (AvgIpc) is 2.70. The van der Waals surface area contributed by atoms with E-state index in [0.717, 1.165) is 37.9 Å². The van der Waals surface area contributed by atoms with Gasteiger partial charge in [-0.15, -0.1) is 0 Å². The molecule has 3 atom stereocenters. The Balaban J connectivity index is 1.42. The fourth-order valence-corrected chi connectivity index (χ4v) is 7.47. The topological polar surface area (TPSA) is 40.5 Å². The molecule has 1 heterocycles. The van der Waals surface area contributed by atoms with Crippen molar-refractivity contribution < 1.29 is 23.1 Å². The van der Waals surface area contributed by atoms with Crippen LogP contribution >= 0.6 is 0 Å². The van der Waals surface area contributed by atoms with Gasteiger partial charge in [0.1, 0.15) is 0 Å². The predicted octanol–water partition coefficient (Wildman–Crippen LogP) is 6.48. The van der Waals surface area contributed by atoms with Crippen LogP contribution < -0.4 is 0 Å². The molecular weight excluding hydrogens is 415 g/mol. The van der Waals surface area contributed by atoms with Crippen LogP contribution in [0.1, 0.15) is 87.7 Å². The summed E-state index contributed by atoms with van der Waals surface area (Å²) in [6.45, 7) is 2.22. The van der Waals surface area contributed by atoms with Gasteiger partial charge in [-0.05, 0) is 91.7 Å². The van der Waals surface area contributed by atoms with Gasteiger partial charge < -0.3 is 5.11 Å². The van der Waals surface area contributed by atoms with Crippen molar-refractivity contribution in [1.29, 1.82) is 0 Å². The molecular formula is C26H34F3NO2. The maximum atomic E-state index is 13.1. The lowest BCUT2D eigenvalue weighted by molar-refractivity contribution is -0.139. The Morgan fingerprint density at radius 1 is 1.00 bits per heavy atom. The number of carboxylic acids is 1. The van der Waals surface area contributed by atoms with Gasteiger partial charge in [0.15, 0.2) is 0 Å². The number of piperidine rings is 1. The first-order chi connectivity index (χ1) is 15.2. The third kappa shape index (κ3) is 4.20. The van der Waals surface area contributed by atoms with E-state index in [1.54, 1.807) is 12.1 Å². The molecule has 1 aromatic rings. The fourth-order valence-electron chi connectivity index (χ4n) is 7.47. The summed E-state index contributed by atoms with van der Waals surface area (Å²) in [5, 5.41) is 9.34. The van der Waals surface area contributed by atoms with Gasteiger partial charge in [-0.25, -0.2) is 0 Å². The van der Waals surface area contributed by atoms with E-state index in [0.29, 0.717) is 16.9 Å². The molecule has 4 fully saturated rings. The largest absolute Gasteiger partial charge is 0.481 e. The molecule has 0 bridgehead atoms. The quantitative estimate of drug-likeness (QED) is 0.572. The maximum Gasteiger partial charge on any atom is 0.416 e. The number of aliphatic carboxylic acids is 1. The van der Waals surface area contributed by atoms with Crippen LogP contribution in [0.25, 0.3) is 0 Å². The smallest absolute Gasteiger partial charge is 0.416 e. The molecule has 176 valence electrons. The highest BCUT2D eigenvalue weighted by Crippen LogP contribution is 2.60. The summed E-state index contributed by atoms with van der Waals surface area (Å²) < 4.78 is 39.4. The molecule has 2 spiro atoms. The number of alkyl halides is 3. The molecule has 0 radical (unpaired) electrons. The third-order valence-corrected chi connectivity index (χ3v) is 9.18. The Morgan fingerprint density at radius 3 is 2.06 bits per heavy atom. The summed E-state index contributed by atoms with van der Waals surface area (Å²) in [6.07, 6.45) is 7.63. The van der Waals surface area contributed by atoms with Crippen LogP contribution in [0.4, 0.5) is 13.2 Å². The van der Waals surface area contributed by atoms with Gasteiger partial charge in [0, 0.05) is 25.6 Å². The molecule has 0 aromatic heterocycles. The van der Waals surface area contributed by atoms with Crippen molar-refractivity contribution in [2.45, 2.75) is 88.8 Å². The molecule has 32 heavy (non-hydrogen) atoms. The SMILES string of the molecule is O=C(O)C[C@@H]1CC[C@@H](N2CC3(CCC3)CC3(CCC3)C2)[C@H](c2ccc(C(F)(F)F)cc2)C1. The van der Waals surface area contributed by atoms with E-state index in [2.05, 4.69) is 4.90 Å². The zero-order valence-corrected chi connectivity index (χ0v) is 18.7. The second-order valence-corrected chi connectivity index (χ2v) is 11.4. The first-order valence-corrected chi connectivity index (χ1v) is 12.3. The highest BCUT2D eigenvalue weighted by Gasteiger charge is 2.54. The minimum atomic E-state index is -4.34. The number of carbonyl (C=O) groups is 1. The molecule has 3 saturated carbocycles. The molecule has 1 saturated heterocycles. The summed E-state index contributed by atoms with van der Waals surface area (Å²) in [5.41, 5.74) is 1.22. The van der Waals surface area contributed by atoms with E-state index < -0.39 is 17.7 Å². The number of rotatable bonds is 4. The minimum absolute atomic E-state index is 0.0937. The van der Waals surface area contributed by atoms with Crippen LogP contribution in [0.3, 0.4) is 0 Å². The van der Waals surface area contributed by atoms with Gasteiger partial charge >= 0.3 is 12.1 Å². The Hall–Kier alpha value is -1.56. The number of benzene rings is 1. The van der Waals surface area contributed by atoms with Crippen molar-refractivity contribution in [1.82, 2.24) is 4.90 Å². The Morgan fingerprint density at radius 2 is 1.59 bits per heavy atom. The van der Waals surface area contributed by atoms with Crippen molar-refractivity contribution >= 4 is 5.97 Å². The normalized spacial score (nSPS) is 31.8. The average molecular weight is 450 g/mol. The number of hydrogen-bond donors (Lipinski definition) is 1. The maximum absolute atomic E-state index is 13.1. The summed E-state index contributed by atoms with van der Waals surface area (Å²) in [4.78, 5) is 14.1. The Kier molecular flexibility index (Phi) is 5.58. The van der Waals surface area contributed by atoms with Gasteiger partial charge in [-0.1, -0.05) is 25.0 Å². The van der Waals surface area contributed by atoms with Crippen molar-refractivity contribution in [2.24, 2.45) is 16.7 Å². The lowest BCUT2D eigenvalue weighted by atomic mass is 9.52. The second kappa shape index (κ2) is 8.03. The van der Waals surface area contributed by atoms with Crippen LogP contribution in [0, 0.1) is 16.7 Å². The van der Waals surface area contributed by atoms with E-state index in [4.69, 9.17) is 0 Å². The van der Waals surface area contributed by atoms with E-state index in [9.17, 15) is 23.1 Å². The van der Waals surface area contributed by atoms with Crippen LogP contribution in [0.5, 0.6) is 0 Å². The highest BCUT2D eigenvalue weighted by molar-refractivity contribution is 5.67. The number of hydrogen-bond acceptors (Lipinski definition) is 2. The molecule has 1 aromatic carbocycles. The van der Waals surface area contributed by atoms with Crippen molar-refractivity contribution in [3.05, 3.63) is 35.4 Å². The van der Waals surface area contributed by atoms with Gasteiger partial charge in [0.2, 0.25) is 0 Å². The van der Waals surface area contributed by atoms with Crippen LogP contribution in [0.2, 0.25) is 0 Å². The highest BCUT2D eigenvalue weighted by atomic mass is 19.4. The second-order valence-electron chi connectivity index (χ2n) is 11.4. The zero-order chi connectivity index (χ0) is 22.6. The van der Waals surface area contributed by atoms with Crippen molar-refractivity contribution in [3.63, 3.8) is 0 Å². The first-order valence-electron chi connectivity index (χ1n) is 12.3. The van der Waals surface area contributed by atoms with E-state index in [1.807, 2.05) is 0 Å². The molecule has 1 aliphatic heterocycles. The molecule has 0 unspecified atom stereocenters. The Labute approximate surface area is 188 Å². The number of nitrogens with zero attached hydrogens (tertiary/aromatic N) is 1. The van der Waals surface area contributed by atoms with Crippen molar-refractivity contribution in [3.8, 4) is 0 Å². The number of carboxylic acid groups (broad SMARTS) is 1. The van der Waals surface area contributed by atoms with Gasteiger partial charge in [-0.3, -0.25) is 9.69 Å². The molecule has 3 aliphatic carbocycles. The van der Waals surface area contributed by atoms with E-state index in [1.165, 1.54) is 57.1 Å². The van der Waals surface area contributed by atoms with Gasteiger partial charge in [-0.2, -0.15) is 13.2 Å². The van der Waals surface area contributed by atoms with Gasteiger partial charge in [0.05, 0.1) is 5.56 Å².